The number of anilines is 3. The molecule has 35 heavy (non-hydrogen) atoms. The fraction of sp³-hybridized carbons (Fsp3) is 0.407. The van der Waals surface area contributed by atoms with Crippen LogP contribution in [0.4, 0.5) is 30.6 Å². The van der Waals surface area contributed by atoms with Crippen molar-refractivity contribution < 1.29 is 17.9 Å². The number of hydrogen-bond acceptors (Lipinski definition) is 5. The second kappa shape index (κ2) is 10.1. The molecule has 5 nitrogen and oxygen atoms in total. The van der Waals surface area contributed by atoms with E-state index < -0.39 is 6.36 Å². The van der Waals surface area contributed by atoms with Crippen LogP contribution in [0.2, 0.25) is 0 Å². The van der Waals surface area contributed by atoms with Crippen LogP contribution in [0.15, 0.2) is 54.6 Å². The molecule has 8 heteroatoms. The summed E-state index contributed by atoms with van der Waals surface area (Å²) in [6, 6.07) is 16.0. The predicted molar refractivity (Wildman–Crippen MR) is 133 cm³/mol. The van der Waals surface area contributed by atoms with E-state index in [4.69, 9.17) is 0 Å². The molecule has 0 radical (unpaired) electrons. The van der Waals surface area contributed by atoms with Gasteiger partial charge < -0.3 is 15.4 Å². The first-order valence-electron chi connectivity index (χ1n) is 11.9. The summed E-state index contributed by atoms with van der Waals surface area (Å²) < 4.78 is 42.3. The van der Waals surface area contributed by atoms with Crippen LogP contribution >= 0.6 is 0 Å². The van der Waals surface area contributed by atoms with E-state index in [0.717, 1.165) is 31.4 Å². The van der Waals surface area contributed by atoms with E-state index in [2.05, 4.69) is 58.2 Å². The van der Waals surface area contributed by atoms with E-state index in [-0.39, 0.29) is 17.2 Å². The highest BCUT2D eigenvalue weighted by atomic mass is 19.4. The van der Waals surface area contributed by atoms with Crippen LogP contribution in [-0.4, -0.2) is 22.4 Å². The Kier molecular flexibility index (Phi) is 7.19. The Morgan fingerprint density at radius 1 is 0.886 bits per heavy atom. The van der Waals surface area contributed by atoms with Crippen LogP contribution in [0.5, 0.6) is 5.75 Å². The fourth-order valence-electron chi connectivity index (χ4n) is 4.21. The van der Waals surface area contributed by atoms with E-state index >= 15 is 0 Å². The summed E-state index contributed by atoms with van der Waals surface area (Å²) in [6.07, 6.45) is 0.851. The molecule has 1 aromatic heterocycles. The average molecular weight is 485 g/mol. The molecule has 1 saturated carbocycles. The van der Waals surface area contributed by atoms with Gasteiger partial charge in [-0.15, -0.1) is 13.2 Å². The number of nitrogens with zero attached hydrogens (tertiary/aromatic N) is 2. The van der Waals surface area contributed by atoms with Gasteiger partial charge in [0.15, 0.2) is 0 Å². The molecule has 3 aromatic rings. The van der Waals surface area contributed by atoms with Gasteiger partial charge in [0.2, 0.25) is 5.95 Å². The van der Waals surface area contributed by atoms with E-state index in [1.165, 1.54) is 30.2 Å². The highest BCUT2D eigenvalue weighted by molar-refractivity contribution is 5.68. The molecule has 0 atom stereocenters. The van der Waals surface area contributed by atoms with Crippen molar-refractivity contribution in [3.63, 3.8) is 0 Å². The zero-order chi connectivity index (χ0) is 25.1. The van der Waals surface area contributed by atoms with Crippen molar-refractivity contribution in [1.29, 1.82) is 0 Å². The zero-order valence-electron chi connectivity index (χ0n) is 20.2. The van der Waals surface area contributed by atoms with Crippen LogP contribution in [0.3, 0.4) is 0 Å². The third-order valence-electron chi connectivity index (χ3n) is 6.05. The molecular formula is C27H31F3N4O. The minimum atomic E-state index is -4.76. The first kappa shape index (κ1) is 24.8. The lowest BCUT2D eigenvalue weighted by atomic mass is 9.87. The number of hydrogen-bond donors (Lipinski definition) is 2. The summed E-state index contributed by atoms with van der Waals surface area (Å²) in [4.78, 5) is 9.28. The molecule has 0 bridgehead atoms. The molecule has 0 aliphatic heterocycles. The third-order valence-corrected chi connectivity index (χ3v) is 6.05. The summed E-state index contributed by atoms with van der Waals surface area (Å²) in [5.74, 6) is 0.715. The third kappa shape index (κ3) is 7.10. The molecule has 1 heterocycles. The van der Waals surface area contributed by atoms with E-state index in [9.17, 15) is 13.2 Å². The van der Waals surface area contributed by atoms with Gasteiger partial charge in [-0.25, -0.2) is 4.98 Å². The molecule has 0 amide bonds. The minimum absolute atomic E-state index is 0.0429. The van der Waals surface area contributed by atoms with Gasteiger partial charge in [-0.05, 0) is 48.1 Å². The van der Waals surface area contributed by atoms with Crippen LogP contribution < -0.4 is 15.4 Å². The number of benzene rings is 2. The lowest BCUT2D eigenvalue weighted by Crippen LogP contribution is -2.23. The number of alkyl halides is 3. The number of aromatic nitrogens is 2. The maximum atomic E-state index is 12.7. The summed E-state index contributed by atoms with van der Waals surface area (Å²) >= 11 is 0. The van der Waals surface area contributed by atoms with Crippen molar-refractivity contribution in [2.45, 2.75) is 70.7 Å². The number of halogens is 3. The van der Waals surface area contributed by atoms with Gasteiger partial charge in [0.1, 0.15) is 11.6 Å². The molecule has 0 saturated heterocycles. The SMILES string of the molecule is CC(C)(C)c1ccc(Nc2cc(-c3cccc(OC(F)(F)F)c3)nc(NC3CCCCC3)n2)cc1. The minimum Gasteiger partial charge on any atom is -0.406 e. The lowest BCUT2D eigenvalue weighted by molar-refractivity contribution is -0.274. The molecule has 4 rings (SSSR count). The summed E-state index contributed by atoms with van der Waals surface area (Å²) in [6.45, 7) is 6.48. The zero-order valence-corrected chi connectivity index (χ0v) is 20.2. The van der Waals surface area contributed by atoms with Crippen molar-refractivity contribution in [3.8, 4) is 17.0 Å². The Morgan fingerprint density at radius 3 is 2.26 bits per heavy atom. The molecule has 1 aliphatic carbocycles. The number of rotatable bonds is 6. The van der Waals surface area contributed by atoms with Crippen molar-refractivity contribution in [1.82, 2.24) is 9.97 Å². The van der Waals surface area contributed by atoms with E-state index in [1.807, 2.05) is 12.1 Å². The summed E-state index contributed by atoms with van der Waals surface area (Å²) in [5, 5.41) is 6.75. The van der Waals surface area contributed by atoms with Crippen LogP contribution in [0.1, 0.15) is 58.4 Å². The van der Waals surface area contributed by atoms with Gasteiger partial charge in [-0.3, -0.25) is 0 Å². The monoisotopic (exact) mass is 484 g/mol. The average Bonchev–Trinajstić information content (AvgIpc) is 2.78. The summed E-state index contributed by atoms with van der Waals surface area (Å²) in [5.41, 5.74) is 3.13. The van der Waals surface area contributed by atoms with Crippen LogP contribution in [0, 0.1) is 0 Å². The molecule has 186 valence electrons. The van der Waals surface area contributed by atoms with Gasteiger partial charge in [-0.2, -0.15) is 4.98 Å². The highest BCUT2D eigenvalue weighted by Crippen LogP contribution is 2.31. The Bertz CT molecular complexity index is 1130. The quantitative estimate of drug-likeness (QED) is 0.373. The van der Waals surface area contributed by atoms with Crippen molar-refractivity contribution >= 4 is 17.5 Å². The maximum absolute atomic E-state index is 12.7. The molecular weight excluding hydrogens is 453 g/mol. The second-order valence-corrected chi connectivity index (χ2v) is 9.97. The molecule has 0 unspecified atom stereocenters. The van der Waals surface area contributed by atoms with Gasteiger partial charge >= 0.3 is 6.36 Å². The van der Waals surface area contributed by atoms with E-state index in [1.54, 1.807) is 12.1 Å². The van der Waals surface area contributed by atoms with Gasteiger partial charge in [0.25, 0.3) is 0 Å². The van der Waals surface area contributed by atoms with Crippen molar-refractivity contribution in [3.05, 3.63) is 60.2 Å². The Hall–Kier alpha value is -3.29. The maximum Gasteiger partial charge on any atom is 0.573 e. The molecule has 2 aromatic carbocycles. The summed E-state index contributed by atoms with van der Waals surface area (Å²) in [7, 11) is 0. The normalized spacial score (nSPS) is 15.0. The first-order chi connectivity index (χ1) is 16.5. The van der Waals surface area contributed by atoms with Crippen molar-refractivity contribution in [2.75, 3.05) is 10.6 Å². The van der Waals surface area contributed by atoms with Gasteiger partial charge in [-0.1, -0.05) is 64.3 Å². The number of ether oxygens (including phenoxy) is 1. The van der Waals surface area contributed by atoms with Crippen molar-refractivity contribution in [2.24, 2.45) is 0 Å². The highest BCUT2D eigenvalue weighted by Gasteiger charge is 2.31. The smallest absolute Gasteiger partial charge is 0.406 e. The first-order valence-corrected chi connectivity index (χ1v) is 11.9. The molecule has 1 aliphatic rings. The fourth-order valence-corrected chi connectivity index (χ4v) is 4.21. The van der Waals surface area contributed by atoms with Crippen LogP contribution in [0.25, 0.3) is 11.3 Å². The number of nitrogens with one attached hydrogen (secondary N) is 2. The van der Waals surface area contributed by atoms with Gasteiger partial charge in [0, 0.05) is 23.4 Å². The standard InChI is InChI=1S/C27H31F3N4O/c1-26(2,3)19-12-14-21(15-13-19)31-24-17-23(18-8-7-11-22(16-18)35-27(28,29)30)33-25(34-24)32-20-9-5-4-6-10-20/h7-8,11-17,20H,4-6,9-10H2,1-3H3,(H2,31,32,33,34). The Balaban J connectivity index is 1.65. The largest absolute Gasteiger partial charge is 0.573 e. The molecule has 2 N–H and O–H groups in total. The topological polar surface area (TPSA) is 59.1 Å². The molecule has 0 spiro atoms. The molecule has 1 fully saturated rings. The van der Waals surface area contributed by atoms with Crippen LogP contribution in [-0.2, 0) is 5.41 Å². The Morgan fingerprint density at radius 2 is 1.60 bits per heavy atom. The lowest BCUT2D eigenvalue weighted by Gasteiger charge is -2.23. The predicted octanol–water partition coefficient (Wildman–Crippen LogP) is 7.83. The van der Waals surface area contributed by atoms with E-state index in [0.29, 0.717) is 23.0 Å². The Labute approximate surface area is 204 Å². The second-order valence-electron chi connectivity index (χ2n) is 9.97. The van der Waals surface area contributed by atoms with Gasteiger partial charge in [0.05, 0.1) is 5.69 Å².